The number of imidazole rings is 2. The van der Waals surface area contributed by atoms with Crippen molar-refractivity contribution >= 4 is 119 Å². The van der Waals surface area contributed by atoms with Crippen LogP contribution in [0.1, 0.15) is 0 Å². The SMILES string of the molecule is O=c1c2ccc3c4c(ccc(c24)c2nc4sc(Br)cc4n12)c(=O)n1c2cc(Br)sc2nc31. The largest absolute Gasteiger partial charge is 0.268 e. The normalized spacial score (nSPS) is 12.9. The van der Waals surface area contributed by atoms with E-state index in [2.05, 4.69) is 31.9 Å². The maximum atomic E-state index is 13.6. The quantitative estimate of drug-likeness (QED) is 0.206. The molecule has 0 fully saturated rings. The summed E-state index contributed by atoms with van der Waals surface area (Å²) in [7, 11) is 0. The van der Waals surface area contributed by atoms with E-state index >= 15 is 0 Å². The van der Waals surface area contributed by atoms with Gasteiger partial charge in [-0.1, -0.05) is 0 Å². The van der Waals surface area contributed by atoms with Gasteiger partial charge in [0.25, 0.3) is 11.1 Å². The van der Waals surface area contributed by atoms with E-state index in [0.717, 1.165) is 49.8 Å². The molecule has 0 bridgehead atoms. The van der Waals surface area contributed by atoms with Crippen molar-refractivity contribution in [3.8, 4) is 0 Å². The van der Waals surface area contributed by atoms with E-state index in [9.17, 15) is 9.59 Å². The van der Waals surface area contributed by atoms with Crippen LogP contribution in [-0.2, 0) is 0 Å². The first-order chi connectivity index (χ1) is 15.5. The molecule has 2 aromatic carbocycles. The third kappa shape index (κ3) is 1.92. The molecule has 0 aliphatic heterocycles. The zero-order valence-electron chi connectivity index (χ0n) is 15.6. The summed E-state index contributed by atoms with van der Waals surface area (Å²) in [5.74, 6) is 0. The fourth-order valence-corrected chi connectivity index (χ4v) is 7.76. The molecule has 8 aromatic rings. The lowest BCUT2D eigenvalue weighted by atomic mass is 9.96. The highest BCUT2D eigenvalue weighted by molar-refractivity contribution is 9.11. The molecule has 0 unspecified atom stereocenters. The van der Waals surface area contributed by atoms with Crippen LogP contribution in [0.25, 0.3) is 64.3 Å². The van der Waals surface area contributed by atoms with Gasteiger partial charge < -0.3 is 0 Å². The predicted octanol–water partition coefficient (Wildman–Crippen LogP) is 5.99. The number of aromatic nitrogens is 4. The molecule has 8 rings (SSSR count). The van der Waals surface area contributed by atoms with Crippen molar-refractivity contribution in [2.45, 2.75) is 0 Å². The Morgan fingerprint density at radius 1 is 0.656 bits per heavy atom. The third-order valence-electron chi connectivity index (χ3n) is 6.16. The second-order valence-corrected chi connectivity index (χ2v) is 12.5. The van der Waals surface area contributed by atoms with Crippen LogP contribution in [0.3, 0.4) is 0 Å². The van der Waals surface area contributed by atoms with Crippen molar-refractivity contribution in [2.24, 2.45) is 0 Å². The molecule has 6 aromatic heterocycles. The smallest absolute Gasteiger partial charge is 0.264 e. The highest BCUT2D eigenvalue weighted by atomic mass is 79.9. The summed E-state index contributed by atoms with van der Waals surface area (Å²) in [6, 6.07) is 11.4. The predicted molar refractivity (Wildman–Crippen MR) is 138 cm³/mol. The number of rotatable bonds is 0. The molecule has 0 saturated carbocycles. The van der Waals surface area contributed by atoms with Gasteiger partial charge in [0, 0.05) is 32.3 Å². The molecule has 0 radical (unpaired) electrons. The summed E-state index contributed by atoms with van der Waals surface area (Å²) in [5.41, 5.74) is 2.56. The van der Waals surface area contributed by atoms with Crippen molar-refractivity contribution < 1.29 is 0 Å². The topological polar surface area (TPSA) is 68.7 Å². The third-order valence-corrected chi connectivity index (χ3v) is 9.20. The van der Waals surface area contributed by atoms with Gasteiger partial charge in [-0.3, -0.25) is 18.4 Å². The maximum Gasteiger partial charge on any atom is 0.264 e. The second-order valence-electron chi connectivity index (χ2n) is 7.71. The Bertz CT molecular complexity index is 2070. The van der Waals surface area contributed by atoms with Crippen molar-refractivity contribution in [1.82, 2.24) is 18.8 Å². The Morgan fingerprint density at radius 2 is 1.06 bits per heavy atom. The summed E-state index contributed by atoms with van der Waals surface area (Å²) >= 11 is 9.97. The molecule has 32 heavy (non-hydrogen) atoms. The first-order valence-corrected chi connectivity index (χ1v) is 12.8. The van der Waals surface area contributed by atoms with Crippen LogP contribution in [0, 0.1) is 0 Å². The lowest BCUT2D eigenvalue weighted by Gasteiger charge is -2.11. The first-order valence-electron chi connectivity index (χ1n) is 9.56. The number of benzene rings is 2. The average molecular weight is 582 g/mol. The van der Waals surface area contributed by atoms with Crippen LogP contribution in [0.4, 0.5) is 0 Å². The highest BCUT2D eigenvalue weighted by Crippen LogP contribution is 2.39. The van der Waals surface area contributed by atoms with Gasteiger partial charge in [0.15, 0.2) is 0 Å². The number of hydrogen-bond donors (Lipinski definition) is 0. The fourth-order valence-electron chi connectivity index (χ4n) is 4.93. The molecular weight excluding hydrogens is 576 g/mol. The van der Waals surface area contributed by atoms with Gasteiger partial charge in [-0.15, -0.1) is 22.7 Å². The molecule has 10 heteroatoms. The van der Waals surface area contributed by atoms with E-state index in [1.54, 1.807) is 8.80 Å². The number of thiophene rings is 2. The Kier molecular flexibility index (Phi) is 3.14. The van der Waals surface area contributed by atoms with E-state index in [1.807, 2.05) is 36.4 Å². The van der Waals surface area contributed by atoms with Crippen LogP contribution >= 0.6 is 54.5 Å². The number of fused-ring (bicyclic) bond motifs is 8. The van der Waals surface area contributed by atoms with Gasteiger partial charge in [0.1, 0.15) is 21.0 Å². The lowest BCUT2D eigenvalue weighted by Crippen LogP contribution is -2.16. The monoisotopic (exact) mass is 580 g/mol. The lowest BCUT2D eigenvalue weighted by molar-refractivity contribution is 1.18. The summed E-state index contributed by atoms with van der Waals surface area (Å²) < 4.78 is 5.21. The van der Waals surface area contributed by atoms with Crippen molar-refractivity contribution in [1.29, 1.82) is 0 Å². The van der Waals surface area contributed by atoms with E-state index in [4.69, 9.17) is 9.97 Å². The van der Waals surface area contributed by atoms with E-state index < -0.39 is 0 Å². The molecule has 0 saturated heterocycles. The summed E-state index contributed by atoms with van der Waals surface area (Å²) in [5, 5.41) is 4.43. The molecule has 0 atom stereocenters. The highest BCUT2D eigenvalue weighted by Gasteiger charge is 2.23. The minimum Gasteiger partial charge on any atom is -0.268 e. The molecule has 0 aliphatic carbocycles. The molecule has 6 nitrogen and oxygen atoms in total. The molecular formula is C22H6Br2N4O2S2. The molecule has 0 amide bonds. The van der Waals surface area contributed by atoms with E-state index in [0.29, 0.717) is 22.1 Å². The number of hydrogen-bond acceptors (Lipinski definition) is 6. The zero-order chi connectivity index (χ0) is 21.5. The van der Waals surface area contributed by atoms with Crippen LogP contribution in [0.5, 0.6) is 0 Å². The van der Waals surface area contributed by atoms with Crippen molar-refractivity contribution in [3.05, 3.63) is 64.7 Å². The molecule has 0 spiro atoms. The minimum atomic E-state index is -0.129. The Balaban J connectivity index is 1.71. The van der Waals surface area contributed by atoms with Crippen LogP contribution < -0.4 is 11.1 Å². The molecule has 152 valence electrons. The molecule has 6 heterocycles. The van der Waals surface area contributed by atoms with Crippen LogP contribution in [0.15, 0.2) is 53.6 Å². The Labute approximate surface area is 201 Å². The average Bonchev–Trinajstić information content (AvgIpc) is 3.48. The van der Waals surface area contributed by atoms with Gasteiger partial charge in [-0.05, 0) is 68.3 Å². The zero-order valence-corrected chi connectivity index (χ0v) is 20.4. The summed E-state index contributed by atoms with van der Waals surface area (Å²) in [6.07, 6.45) is 0. The van der Waals surface area contributed by atoms with Crippen molar-refractivity contribution in [2.75, 3.05) is 0 Å². The Morgan fingerprint density at radius 3 is 1.50 bits per heavy atom. The second kappa shape index (κ2) is 5.63. The minimum absolute atomic E-state index is 0.129. The van der Waals surface area contributed by atoms with Crippen LogP contribution in [-0.4, -0.2) is 18.8 Å². The summed E-state index contributed by atoms with van der Waals surface area (Å²) in [6.45, 7) is 0. The van der Waals surface area contributed by atoms with Crippen molar-refractivity contribution in [3.63, 3.8) is 0 Å². The number of nitrogens with zero attached hydrogens (tertiary/aromatic N) is 4. The maximum absolute atomic E-state index is 13.6. The van der Waals surface area contributed by atoms with Gasteiger partial charge in [0.2, 0.25) is 0 Å². The molecule has 0 aliphatic rings. The number of halogens is 2. The van der Waals surface area contributed by atoms with Gasteiger partial charge in [-0.25, -0.2) is 9.97 Å². The Hall–Kier alpha value is -2.66. The number of pyridine rings is 2. The van der Waals surface area contributed by atoms with Crippen LogP contribution in [0.2, 0.25) is 0 Å². The standard InChI is InChI=1S/C22H6Br2N4O2S2/c23-13-5-11-19(31-13)25-17-7-1-3-9-16-8(2-4-10(15(7)16)22(30)27(11)17)18-26-20-12(6-14(24)32-20)28(18)21(9)29/h1-6H. The van der Waals surface area contributed by atoms with Gasteiger partial charge in [0.05, 0.1) is 18.6 Å². The van der Waals surface area contributed by atoms with Gasteiger partial charge >= 0.3 is 0 Å². The van der Waals surface area contributed by atoms with Gasteiger partial charge in [-0.2, -0.15) is 0 Å². The van der Waals surface area contributed by atoms with E-state index in [-0.39, 0.29) is 11.1 Å². The van der Waals surface area contributed by atoms with E-state index in [1.165, 1.54) is 22.7 Å². The fraction of sp³-hybridized carbons (Fsp3) is 0. The molecule has 0 N–H and O–H groups in total. The summed E-state index contributed by atoms with van der Waals surface area (Å²) in [4.78, 5) is 38.3. The first kappa shape index (κ1) is 17.8.